The van der Waals surface area contributed by atoms with Crippen LogP contribution in [0.15, 0.2) is 11.8 Å². The normalized spacial score (nSPS) is 13.0. The molecular weight excluding hydrogens is 186 g/mol. The van der Waals surface area contributed by atoms with Gasteiger partial charge in [0.15, 0.2) is 0 Å². The van der Waals surface area contributed by atoms with Gasteiger partial charge >= 0.3 is 0 Å². The summed E-state index contributed by atoms with van der Waals surface area (Å²) in [6.45, 7) is 11.7. The van der Waals surface area contributed by atoms with Crippen molar-refractivity contribution in [2.24, 2.45) is 0 Å². The van der Waals surface area contributed by atoms with Crippen molar-refractivity contribution in [1.29, 1.82) is 0 Å². The highest BCUT2D eigenvalue weighted by molar-refractivity contribution is 6.82. The second-order valence-electron chi connectivity index (χ2n) is 4.90. The number of likely N-dealkylation sites (N-methyl/N-ethyl adjacent to an activating group) is 1. The molecule has 84 valence electrons. The fourth-order valence-corrected chi connectivity index (χ4v) is 3.95. The van der Waals surface area contributed by atoms with Gasteiger partial charge < -0.3 is 4.90 Å². The Balaban J connectivity index is 3.80. The van der Waals surface area contributed by atoms with Crippen molar-refractivity contribution in [3.05, 3.63) is 11.8 Å². The molecule has 0 aromatic carbocycles. The van der Waals surface area contributed by atoms with Crippen LogP contribution in [0.4, 0.5) is 0 Å². The lowest BCUT2D eigenvalue weighted by Gasteiger charge is -2.17. The lowest BCUT2D eigenvalue weighted by Crippen LogP contribution is -2.24. The summed E-state index contributed by atoms with van der Waals surface area (Å²) in [5, 5.41) is 0. The van der Waals surface area contributed by atoms with Crippen LogP contribution >= 0.6 is 0 Å². The smallest absolute Gasteiger partial charge is 0.0713 e. The van der Waals surface area contributed by atoms with Crippen LogP contribution in [0.1, 0.15) is 26.7 Å². The molecule has 0 aromatic rings. The zero-order valence-corrected chi connectivity index (χ0v) is 11.6. The topological polar surface area (TPSA) is 3.24 Å². The van der Waals surface area contributed by atoms with Crippen molar-refractivity contribution < 1.29 is 0 Å². The molecule has 0 N–H and O–H groups in total. The second kappa shape index (κ2) is 7.24. The monoisotopic (exact) mass is 213 g/mol. The van der Waals surface area contributed by atoms with Gasteiger partial charge in [-0.3, -0.25) is 0 Å². The van der Waals surface area contributed by atoms with Gasteiger partial charge in [-0.05, 0) is 20.0 Å². The van der Waals surface area contributed by atoms with Crippen LogP contribution in [0.5, 0.6) is 0 Å². The minimum absolute atomic E-state index is 1.00. The Hall–Kier alpha value is -0.0831. The highest BCUT2D eigenvalue weighted by Gasteiger charge is 2.14. The Morgan fingerprint density at radius 2 is 1.79 bits per heavy atom. The summed E-state index contributed by atoms with van der Waals surface area (Å²) in [6, 6.07) is 1.42. The summed E-state index contributed by atoms with van der Waals surface area (Å²) in [5.41, 5.74) is 2.50. The molecule has 0 saturated carbocycles. The van der Waals surface area contributed by atoms with E-state index in [9.17, 15) is 0 Å². The molecule has 0 bridgehead atoms. The molecule has 0 aromatic heterocycles. The number of hydrogen-bond donors (Lipinski definition) is 0. The third kappa shape index (κ3) is 7.33. The van der Waals surface area contributed by atoms with E-state index in [0.717, 1.165) is 6.54 Å². The number of rotatable bonds is 7. The van der Waals surface area contributed by atoms with Gasteiger partial charge in [-0.2, -0.15) is 0 Å². The average molecular weight is 213 g/mol. The Morgan fingerprint density at radius 1 is 1.14 bits per heavy atom. The van der Waals surface area contributed by atoms with Crippen molar-refractivity contribution >= 4 is 8.07 Å². The first-order chi connectivity index (χ1) is 6.52. The van der Waals surface area contributed by atoms with Crippen LogP contribution in [0.2, 0.25) is 19.1 Å². The summed E-state index contributed by atoms with van der Waals surface area (Å²) in [6.07, 6.45) is 4.95. The molecule has 0 heterocycles. The van der Waals surface area contributed by atoms with Crippen molar-refractivity contribution in [1.82, 2.24) is 4.90 Å². The van der Waals surface area contributed by atoms with E-state index in [4.69, 9.17) is 0 Å². The molecule has 1 nitrogen and oxygen atoms in total. The molecule has 0 fully saturated rings. The maximum atomic E-state index is 2.50. The molecule has 0 rings (SSSR count). The summed E-state index contributed by atoms with van der Waals surface area (Å²) in [5.74, 6) is 0. The summed E-state index contributed by atoms with van der Waals surface area (Å²) in [4.78, 5) is 2.38. The minimum Gasteiger partial charge on any atom is -0.303 e. The van der Waals surface area contributed by atoms with Crippen molar-refractivity contribution in [2.45, 2.75) is 45.8 Å². The van der Waals surface area contributed by atoms with Crippen molar-refractivity contribution in [3.63, 3.8) is 0 Å². The maximum absolute atomic E-state index is 2.50. The van der Waals surface area contributed by atoms with Crippen LogP contribution in [0.25, 0.3) is 0 Å². The third-order valence-corrected chi connectivity index (χ3v) is 5.41. The van der Waals surface area contributed by atoms with E-state index in [2.05, 4.69) is 50.7 Å². The van der Waals surface area contributed by atoms with E-state index >= 15 is 0 Å². The first-order valence-corrected chi connectivity index (χ1v) is 9.16. The van der Waals surface area contributed by atoms with Gasteiger partial charge in [0.05, 0.1) is 8.07 Å². The van der Waals surface area contributed by atoms with Gasteiger partial charge in [0, 0.05) is 6.54 Å². The fraction of sp³-hybridized carbons (Fsp3) is 0.833. The van der Waals surface area contributed by atoms with E-state index in [1.807, 2.05) is 0 Å². The van der Waals surface area contributed by atoms with Gasteiger partial charge in [-0.15, -0.1) is 0 Å². The lowest BCUT2D eigenvalue weighted by molar-refractivity contribution is 0.371. The van der Waals surface area contributed by atoms with Crippen LogP contribution in [0.3, 0.4) is 0 Å². The molecule has 0 aliphatic carbocycles. The Labute approximate surface area is 91.2 Å². The highest BCUT2D eigenvalue weighted by atomic mass is 28.3. The molecular formula is C12H27NSi. The third-order valence-electron chi connectivity index (χ3n) is 2.49. The van der Waals surface area contributed by atoms with E-state index in [-0.39, 0.29) is 0 Å². The molecule has 2 heteroatoms. The van der Waals surface area contributed by atoms with E-state index in [0.29, 0.717) is 0 Å². The van der Waals surface area contributed by atoms with E-state index < -0.39 is 8.07 Å². The molecule has 0 radical (unpaired) electrons. The second-order valence-corrected chi connectivity index (χ2v) is 9.71. The predicted octanol–water partition coefficient (Wildman–Crippen LogP) is 3.54. The Morgan fingerprint density at radius 3 is 2.29 bits per heavy atom. The van der Waals surface area contributed by atoms with Crippen molar-refractivity contribution in [3.8, 4) is 0 Å². The summed E-state index contributed by atoms with van der Waals surface area (Å²) < 4.78 is 0. The van der Waals surface area contributed by atoms with Gasteiger partial charge in [-0.25, -0.2) is 0 Å². The maximum Gasteiger partial charge on any atom is 0.0713 e. The van der Waals surface area contributed by atoms with E-state index in [1.165, 1.54) is 25.4 Å². The lowest BCUT2D eigenvalue weighted by atomic mass is 10.4. The molecule has 0 spiro atoms. The standard InChI is InChI=1S/C12H27NSi/c1-6-9-13(3)10-8-12-14(4,5)11-7-2/h8,12H,6-7,9-11H2,1-5H3. The molecule has 0 atom stereocenters. The van der Waals surface area contributed by atoms with E-state index in [1.54, 1.807) is 0 Å². The quantitative estimate of drug-likeness (QED) is 0.585. The SMILES string of the molecule is CCCN(C)CC=C[Si](C)(C)CCC. The van der Waals surface area contributed by atoms with Gasteiger partial charge in [0.25, 0.3) is 0 Å². The zero-order valence-electron chi connectivity index (χ0n) is 10.6. The average Bonchev–Trinajstić information content (AvgIpc) is 2.03. The summed E-state index contributed by atoms with van der Waals surface area (Å²) in [7, 11) is 1.20. The molecule has 0 amide bonds. The predicted molar refractivity (Wildman–Crippen MR) is 69.5 cm³/mol. The highest BCUT2D eigenvalue weighted by Crippen LogP contribution is 2.12. The molecule has 0 unspecified atom stereocenters. The van der Waals surface area contributed by atoms with Gasteiger partial charge in [0.1, 0.15) is 0 Å². The largest absolute Gasteiger partial charge is 0.303 e. The first kappa shape index (κ1) is 13.9. The van der Waals surface area contributed by atoms with Crippen molar-refractivity contribution in [2.75, 3.05) is 20.1 Å². The van der Waals surface area contributed by atoms with Crippen LogP contribution < -0.4 is 0 Å². The van der Waals surface area contributed by atoms with Gasteiger partial charge in [0.2, 0.25) is 0 Å². The summed E-state index contributed by atoms with van der Waals surface area (Å²) >= 11 is 0. The van der Waals surface area contributed by atoms with Crippen LogP contribution in [-0.4, -0.2) is 33.1 Å². The minimum atomic E-state index is -1.00. The molecule has 0 saturated heterocycles. The molecule has 0 aliphatic heterocycles. The molecule has 0 aliphatic rings. The zero-order chi connectivity index (χ0) is 11.0. The van der Waals surface area contributed by atoms with Gasteiger partial charge in [-0.1, -0.05) is 51.2 Å². The molecule has 14 heavy (non-hydrogen) atoms. The van der Waals surface area contributed by atoms with Crippen LogP contribution in [-0.2, 0) is 0 Å². The van der Waals surface area contributed by atoms with Crippen LogP contribution in [0, 0.1) is 0 Å². The number of nitrogens with zero attached hydrogens (tertiary/aromatic N) is 1. The Kier molecular flexibility index (Phi) is 7.20. The first-order valence-electron chi connectivity index (χ1n) is 5.88. The fourth-order valence-electron chi connectivity index (χ4n) is 1.75. The number of hydrogen-bond acceptors (Lipinski definition) is 1. The Bertz CT molecular complexity index is 164.